The highest BCUT2D eigenvalue weighted by molar-refractivity contribution is 8.00. The summed E-state index contributed by atoms with van der Waals surface area (Å²) in [6.45, 7) is 2.41. The topological polar surface area (TPSA) is 43.9 Å². The van der Waals surface area contributed by atoms with Crippen LogP contribution in [0.15, 0.2) is 78.9 Å². The maximum atomic E-state index is 13.1. The third-order valence-electron chi connectivity index (χ3n) is 7.00. The molecule has 0 aromatic heterocycles. The van der Waals surface area contributed by atoms with Crippen LogP contribution in [0.25, 0.3) is 0 Å². The van der Waals surface area contributed by atoms with Gasteiger partial charge in [0, 0.05) is 44.0 Å². The van der Waals surface area contributed by atoms with Crippen molar-refractivity contribution < 1.29 is 22.8 Å². The Balaban J connectivity index is 1.19. The zero-order valence-corrected chi connectivity index (χ0v) is 21.5. The molecular formula is C29H28F3N3O2S. The second kappa shape index (κ2) is 11.1. The second-order valence-corrected chi connectivity index (χ2v) is 10.5. The van der Waals surface area contributed by atoms with Crippen LogP contribution in [0.4, 0.5) is 18.9 Å². The van der Waals surface area contributed by atoms with Crippen LogP contribution >= 0.6 is 11.8 Å². The highest BCUT2D eigenvalue weighted by Crippen LogP contribution is 2.39. The van der Waals surface area contributed by atoms with Gasteiger partial charge in [0.15, 0.2) is 0 Å². The highest BCUT2D eigenvalue weighted by Gasteiger charge is 2.33. The fraction of sp³-hybridized carbons (Fsp3) is 0.310. The molecule has 3 aromatic carbocycles. The predicted octanol–water partition coefficient (Wildman–Crippen LogP) is 5.48. The molecule has 2 amide bonds. The van der Waals surface area contributed by atoms with Crippen LogP contribution in [0.5, 0.6) is 0 Å². The lowest BCUT2D eigenvalue weighted by atomic mass is 10.1. The van der Waals surface area contributed by atoms with Crippen molar-refractivity contribution in [2.24, 2.45) is 0 Å². The van der Waals surface area contributed by atoms with Crippen LogP contribution in [0, 0.1) is 0 Å². The molecule has 2 fully saturated rings. The minimum Gasteiger partial charge on any atom is -0.368 e. The van der Waals surface area contributed by atoms with Gasteiger partial charge in [-0.3, -0.25) is 9.59 Å². The first-order chi connectivity index (χ1) is 18.3. The molecular weight excluding hydrogens is 511 g/mol. The molecule has 38 heavy (non-hydrogen) atoms. The lowest BCUT2D eigenvalue weighted by Crippen LogP contribution is -2.48. The Labute approximate surface area is 224 Å². The average molecular weight is 540 g/mol. The molecule has 3 aromatic rings. The summed E-state index contributed by atoms with van der Waals surface area (Å²) in [6, 6.07) is 22.8. The molecule has 9 heteroatoms. The Morgan fingerprint density at radius 1 is 0.895 bits per heavy atom. The van der Waals surface area contributed by atoms with Crippen molar-refractivity contribution in [2.75, 3.05) is 43.4 Å². The third-order valence-corrected chi connectivity index (χ3v) is 8.26. The van der Waals surface area contributed by atoms with Crippen molar-refractivity contribution in [1.82, 2.24) is 9.80 Å². The molecule has 0 spiro atoms. The number of hydrogen-bond acceptors (Lipinski definition) is 4. The molecule has 0 aliphatic carbocycles. The summed E-state index contributed by atoms with van der Waals surface area (Å²) in [5.41, 5.74) is 2.57. The van der Waals surface area contributed by atoms with Crippen LogP contribution in [-0.4, -0.2) is 60.1 Å². The number of halogens is 3. The summed E-state index contributed by atoms with van der Waals surface area (Å²) >= 11 is 1.59. The number of anilines is 1. The first-order valence-electron chi connectivity index (χ1n) is 12.6. The number of nitrogens with zero attached hydrogens (tertiary/aromatic N) is 3. The van der Waals surface area contributed by atoms with E-state index in [1.165, 1.54) is 11.6 Å². The monoisotopic (exact) mass is 539 g/mol. The third kappa shape index (κ3) is 5.83. The van der Waals surface area contributed by atoms with Gasteiger partial charge in [0.1, 0.15) is 5.37 Å². The van der Waals surface area contributed by atoms with Crippen LogP contribution in [0.3, 0.4) is 0 Å². The molecule has 0 N–H and O–H groups in total. The molecule has 0 saturated carbocycles. The number of hydrogen-bond donors (Lipinski definition) is 0. The summed E-state index contributed by atoms with van der Waals surface area (Å²) in [5, 5.41) is -0.0774. The Hall–Kier alpha value is -3.46. The lowest BCUT2D eigenvalue weighted by molar-refractivity contribution is -0.137. The van der Waals surface area contributed by atoms with Crippen LogP contribution in [0.1, 0.15) is 32.4 Å². The van der Waals surface area contributed by atoms with Crippen LogP contribution < -0.4 is 4.90 Å². The number of benzene rings is 3. The van der Waals surface area contributed by atoms with E-state index >= 15 is 0 Å². The molecule has 2 aliphatic rings. The number of carbonyl (C=O) groups excluding carboxylic acids is 2. The molecule has 0 bridgehead atoms. The second-order valence-electron chi connectivity index (χ2n) is 9.44. The van der Waals surface area contributed by atoms with Gasteiger partial charge >= 0.3 is 6.18 Å². The number of alkyl halides is 3. The Kier molecular flexibility index (Phi) is 7.65. The Bertz CT molecular complexity index is 1280. The van der Waals surface area contributed by atoms with E-state index in [1.54, 1.807) is 34.9 Å². The number of carbonyl (C=O) groups is 2. The molecule has 5 rings (SSSR count). The zero-order chi connectivity index (χ0) is 26.7. The first kappa shape index (κ1) is 26.2. The van der Waals surface area contributed by atoms with Gasteiger partial charge in [-0.25, -0.2) is 0 Å². The SMILES string of the molecule is O=C(c1ccc([C@H]2SCC(=O)N2CCc2ccccc2)cc1)N1CCN(c2cccc(C(F)(F)F)c2)CC1. The van der Waals surface area contributed by atoms with Crippen molar-refractivity contribution >= 4 is 29.3 Å². The largest absolute Gasteiger partial charge is 0.416 e. The van der Waals surface area contributed by atoms with Gasteiger partial charge < -0.3 is 14.7 Å². The van der Waals surface area contributed by atoms with Crippen molar-refractivity contribution in [3.8, 4) is 0 Å². The summed E-state index contributed by atoms with van der Waals surface area (Å²) in [6.07, 6.45) is -3.60. The fourth-order valence-electron chi connectivity index (χ4n) is 4.89. The molecule has 0 unspecified atom stereocenters. The van der Waals surface area contributed by atoms with E-state index in [-0.39, 0.29) is 17.2 Å². The van der Waals surface area contributed by atoms with E-state index in [9.17, 15) is 22.8 Å². The van der Waals surface area contributed by atoms with E-state index in [0.29, 0.717) is 49.7 Å². The maximum absolute atomic E-state index is 13.1. The Morgan fingerprint density at radius 2 is 1.61 bits per heavy atom. The van der Waals surface area contributed by atoms with Gasteiger partial charge in [-0.05, 0) is 47.9 Å². The van der Waals surface area contributed by atoms with Crippen LogP contribution in [-0.2, 0) is 17.4 Å². The van der Waals surface area contributed by atoms with E-state index < -0.39 is 11.7 Å². The summed E-state index contributed by atoms with van der Waals surface area (Å²) < 4.78 is 39.2. The average Bonchev–Trinajstić information content (AvgIpc) is 3.32. The van der Waals surface area contributed by atoms with E-state index in [1.807, 2.05) is 40.1 Å². The van der Waals surface area contributed by atoms with Gasteiger partial charge in [-0.1, -0.05) is 48.5 Å². The summed E-state index contributed by atoms with van der Waals surface area (Å²) in [4.78, 5) is 31.2. The predicted molar refractivity (Wildman–Crippen MR) is 143 cm³/mol. The number of thioether (sulfide) groups is 1. The van der Waals surface area contributed by atoms with Crippen molar-refractivity contribution in [3.05, 3.63) is 101 Å². The molecule has 0 radical (unpaired) electrons. The fourth-order valence-corrected chi connectivity index (χ4v) is 6.10. The minimum absolute atomic E-state index is 0.0774. The molecule has 1 atom stereocenters. The molecule has 5 nitrogen and oxygen atoms in total. The minimum atomic E-state index is -4.39. The van der Waals surface area contributed by atoms with E-state index in [2.05, 4.69) is 12.1 Å². The van der Waals surface area contributed by atoms with Gasteiger partial charge in [0.2, 0.25) is 5.91 Å². The standard InChI is InChI=1S/C29H28F3N3O2S/c30-29(31,32)24-7-4-8-25(19-24)33-15-17-34(18-16-33)27(37)22-9-11-23(12-10-22)28-35(26(36)20-38-28)14-13-21-5-2-1-3-6-21/h1-12,19,28H,13-18,20H2/t28-/m1/s1. The van der Waals surface area contributed by atoms with E-state index in [4.69, 9.17) is 0 Å². The lowest BCUT2D eigenvalue weighted by Gasteiger charge is -2.36. The normalized spacial score (nSPS) is 18.2. The number of amides is 2. The van der Waals surface area contributed by atoms with Gasteiger partial charge in [0.05, 0.1) is 11.3 Å². The van der Waals surface area contributed by atoms with Crippen molar-refractivity contribution in [2.45, 2.75) is 18.0 Å². The maximum Gasteiger partial charge on any atom is 0.416 e. The molecule has 2 aliphatic heterocycles. The van der Waals surface area contributed by atoms with Crippen LogP contribution in [0.2, 0.25) is 0 Å². The van der Waals surface area contributed by atoms with Crippen molar-refractivity contribution in [3.63, 3.8) is 0 Å². The first-order valence-corrected chi connectivity index (χ1v) is 13.6. The van der Waals surface area contributed by atoms with Crippen molar-refractivity contribution in [1.29, 1.82) is 0 Å². The smallest absolute Gasteiger partial charge is 0.368 e. The summed E-state index contributed by atoms with van der Waals surface area (Å²) in [5.74, 6) is 0.460. The van der Waals surface area contributed by atoms with Gasteiger partial charge in [0.25, 0.3) is 5.91 Å². The van der Waals surface area contributed by atoms with E-state index in [0.717, 1.165) is 24.1 Å². The quantitative estimate of drug-likeness (QED) is 0.416. The molecule has 2 saturated heterocycles. The highest BCUT2D eigenvalue weighted by atomic mass is 32.2. The zero-order valence-electron chi connectivity index (χ0n) is 20.7. The van der Waals surface area contributed by atoms with Gasteiger partial charge in [-0.15, -0.1) is 11.8 Å². The number of rotatable bonds is 6. The number of piperazine rings is 1. The summed E-state index contributed by atoms with van der Waals surface area (Å²) in [7, 11) is 0. The molecule has 2 heterocycles. The molecule has 198 valence electrons. The van der Waals surface area contributed by atoms with Gasteiger partial charge in [-0.2, -0.15) is 13.2 Å². The Morgan fingerprint density at radius 3 is 2.29 bits per heavy atom.